The quantitative estimate of drug-likeness (QED) is 0.690. The molecule has 0 aliphatic heterocycles. The summed E-state index contributed by atoms with van der Waals surface area (Å²) < 4.78 is 9.73. The molecule has 22 heavy (non-hydrogen) atoms. The van der Waals surface area contributed by atoms with Crippen LogP contribution in [0.25, 0.3) is 6.08 Å². The summed E-state index contributed by atoms with van der Waals surface area (Å²) in [6, 6.07) is 13.3. The van der Waals surface area contributed by atoms with Gasteiger partial charge in [-0.15, -0.1) is 0 Å². The zero-order valence-electron chi connectivity index (χ0n) is 12.0. The molecule has 5 nitrogen and oxygen atoms in total. The van der Waals surface area contributed by atoms with Crippen molar-refractivity contribution >= 4 is 23.8 Å². The zero-order valence-corrected chi connectivity index (χ0v) is 12.0. The first-order chi connectivity index (χ1) is 10.6. The van der Waals surface area contributed by atoms with Crippen molar-refractivity contribution in [2.75, 3.05) is 12.4 Å². The summed E-state index contributed by atoms with van der Waals surface area (Å²) in [4.78, 5) is 23.0. The first kappa shape index (κ1) is 15.3. The Hall–Kier alpha value is -3.08. The van der Waals surface area contributed by atoms with Crippen LogP contribution in [0, 0.1) is 0 Å². The summed E-state index contributed by atoms with van der Waals surface area (Å²) in [5.41, 5.74) is 1.92. The molecule has 2 rings (SSSR count). The van der Waals surface area contributed by atoms with E-state index in [1.54, 1.807) is 54.6 Å². The molecular formula is C17H15NO4. The van der Waals surface area contributed by atoms with Crippen LogP contribution in [0.1, 0.15) is 15.9 Å². The summed E-state index contributed by atoms with van der Waals surface area (Å²) in [6.07, 6.45) is 1.13. The van der Waals surface area contributed by atoms with Crippen molar-refractivity contribution in [2.24, 2.45) is 0 Å². The summed E-state index contributed by atoms with van der Waals surface area (Å²) in [6.45, 7) is 3.65. The molecule has 0 bridgehead atoms. The van der Waals surface area contributed by atoms with Gasteiger partial charge in [-0.1, -0.05) is 24.8 Å². The average molecular weight is 297 g/mol. The lowest BCUT2D eigenvalue weighted by Gasteiger charge is -2.07. The zero-order chi connectivity index (χ0) is 15.9. The van der Waals surface area contributed by atoms with E-state index in [0.29, 0.717) is 17.0 Å². The van der Waals surface area contributed by atoms with Gasteiger partial charge in [0.15, 0.2) is 0 Å². The van der Waals surface area contributed by atoms with Gasteiger partial charge in [-0.05, 0) is 42.0 Å². The van der Waals surface area contributed by atoms with E-state index >= 15 is 0 Å². The van der Waals surface area contributed by atoms with Gasteiger partial charge >= 0.3 is 12.1 Å². The number of benzene rings is 2. The molecule has 0 unspecified atom stereocenters. The number of nitrogens with one attached hydrogen (secondary N) is 1. The van der Waals surface area contributed by atoms with Crippen molar-refractivity contribution in [1.29, 1.82) is 0 Å². The second kappa shape index (κ2) is 7.08. The van der Waals surface area contributed by atoms with Gasteiger partial charge in [0.2, 0.25) is 0 Å². The summed E-state index contributed by atoms with van der Waals surface area (Å²) in [5.74, 6) is -0.0718. The molecule has 0 spiro atoms. The van der Waals surface area contributed by atoms with Gasteiger partial charge in [0.25, 0.3) is 0 Å². The van der Waals surface area contributed by atoms with E-state index in [1.165, 1.54) is 7.11 Å². The molecule has 0 fully saturated rings. The molecule has 0 aliphatic carbocycles. The molecule has 1 N–H and O–H groups in total. The van der Waals surface area contributed by atoms with Crippen LogP contribution in [0.15, 0.2) is 55.1 Å². The van der Waals surface area contributed by atoms with Gasteiger partial charge in [-0.3, -0.25) is 5.32 Å². The van der Waals surface area contributed by atoms with E-state index in [9.17, 15) is 9.59 Å². The van der Waals surface area contributed by atoms with E-state index in [4.69, 9.17) is 4.74 Å². The number of esters is 1. The fourth-order valence-electron chi connectivity index (χ4n) is 1.70. The molecule has 0 saturated heterocycles. The largest absolute Gasteiger partial charge is 0.453 e. The molecule has 1 amide bonds. The topological polar surface area (TPSA) is 64.6 Å². The van der Waals surface area contributed by atoms with Crippen molar-refractivity contribution in [3.05, 3.63) is 66.2 Å². The summed E-state index contributed by atoms with van der Waals surface area (Å²) in [7, 11) is 1.28. The van der Waals surface area contributed by atoms with Crippen LogP contribution in [0.2, 0.25) is 0 Å². The van der Waals surface area contributed by atoms with Crippen molar-refractivity contribution in [3.63, 3.8) is 0 Å². The standard InChI is InChI=1S/C17H15NO4/c1-3-12-4-6-13(7-5-12)16(19)22-15-10-8-14(9-11-15)18-17(20)21-2/h3-11H,1H2,2H3,(H,18,20). The number of ether oxygens (including phenoxy) is 2. The van der Waals surface area contributed by atoms with Crippen molar-refractivity contribution in [3.8, 4) is 5.75 Å². The molecular weight excluding hydrogens is 282 g/mol. The van der Waals surface area contributed by atoms with Crippen LogP contribution in [-0.2, 0) is 4.74 Å². The van der Waals surface area contributed by atoms with Crippen molar-refractivity contribution < 1.29 is 19.1 Å². The molecule has 2 aromatic rings. The number of rotatable bonds is 4. The lowest BCUT2D eigenvalue weighted by molar-refractivity contribution is 0.0734. The first-order valence-electron chi connectivity index (χ1n) is 6.52. The maximum atomic E-state index is 12.0. The molecule has 0 aliphatic rings. The van der Waals surface area contributed by atoms with Crippen molar-refractivity contribution in [1.82, 2.24) is 0 Å². The van der Waals surface area contributed by atoms with E-state index in [0.717, 1.165) is 5.56 Å². The van der Waals surface area contributed by atoms with Gasteiger partial charge in [0.05, 0.1) is 12.7 Å². The Labute approximate surface area is 128 Å². The normalized spacial score (nSPS) is 9.68. The maximum absolute atomic E-state index is 12.0. The van der Waals surface area contributed by atoms with Gasteiger partial charge in [-0.2, -0.15) is 0 Å². The third-order valence-corrected chi connectivity index (χ3v) is 2.88. The first-order valence-corrected chi connectivity index (χ1v) is 6.52. The van der Waals surface area contributed by atoms with Gasteiger partial charge in [0.1, 0.15) is 5.75 Å². The predicted molar refractivity (Wildman–Crippen MR) is 84.0 cm³/mol. The molecule has 112 valence electrons. The van der Waals surface area contributed by atoms with Gasteiger partial charge in [-0.25, -0.2) is 9.59 Å². The number of hydrogen-bond acceptors (Lipinski definition) is 4. The molecule has 5 heteroatoms. The number of methoxy groups -OCH3 is 1. The fourth-order valence-corrected chi connectivity index (χ4v) is 1.70. The third kappa shape index (κ3) is 3.96. The molecule has 0 atom stereocenters. The molecule has 0 radical (unpaired) electrons. The maximum Gasteiger partial charge on any atom is 0.411 e. The Bertz CT molecular complexity index is 675. The third-order valence-electron chi connectivity index (χ3n) is 2.88. The summed E-state index contributed by atoms with van der Waals surface area (Å²) >= 11 is 0. The molecule has 2 aromatic carbocycles. The Morgan fingerprint density at radius 3 is 2.23 bits per heavy atom. The highest BCUT2D eigenvalue weighted by Gasteiger charge is 2.08. The van der Waals surface area contributed by atoms with E-state index in [1.807, 2.05) is 0 Å². The Balaban J connectivity index is 2.01. The Kier molecular flexibility index (Phi) is 4.93. The number of carbonyl (C=O) groups excluding carboxylic acids is 2. The van der Waals surface area contributed by atoms with Crippen LogP contribution in [0.3, 0.4) is 0 Å². The van der Waals surface area contributed by atoms with Crippen LogP contribution >= 0.6 is 0 Å². The highest BCUT2D eigenvalue weighted by molar-refractivity contribution is 5.91. The van der Waals surface area contributed by atoms with Gasteiger partial charge in [0, 0.05) is 5.69 Å². The monoisotopic (exact) mass is 297 g/mol. The van der Waals surface area contributed by atoms with E-state index in [-0.39, 0.29) is 0 Å². The molecule has 0 aromatic heterocycles. The van der Waals surface area contributed by atoms with E-state index in [2.05, 4.69) is 16.6 Å². The van der Waals surface area contributed by atoms with Crippen molar-refractivity contribution in [2.45, 2.75) is 0 Å². The average Bonchev–Trinajstić information content (AvgIpc) is 2.56. The van der Waals surface area contributed by atoms with E-state index < -0.39 is 12.1 Å². The Morgan fingerprint density at radius 2 is 1.68 bits per heavy atom. The second-order valence-corrected chi connectivity index (χ2v) is 4.36. The Morgan fingerprint density at radius 1 is 1.05 bits per heavy atom. The van der Waals surface area contributed by atoms with Crippen LogP contribution < -0.4 is 10.1 Å². The second-order valence-electron chi connectivity index (χ2n) is 4.36. The van der Waals surface area contributed by atoms with Crippen LogP contribution in [0.5, 0.6) is 5.75 Å². The van der Waals surface area contributed by atoms with Crippen LogP contribution in [0.4, 0.5) is 10.5 Å². The smallest absolute Gasteiger partial charge is 0.411 e. The van der Waals surface area contributed by atoms with Crippen LogP contribution in [-0.4, -0.2) is 19.2 Å². The minimum Gasteiger partial charge on any atom is -0.453 e. The number of hydrogen-bond donors (Lipinski definition) is 1. The minimum atomic E-state index is -0.563. The highest BCUT2D eigenvalue weighted by Crippen LogP contribution is 2.17. The number of amides is 1. The number of carbonyl (C=O) groups is 2. The predicted octanol–water partition coefficient (Wildman–Crippen LogP) is 3.73. The van der Waals surface area contributed by atoms with Gasteiger partial charge < -0.3 is 9.47 Å². The lowest BCUT2D eigenvalue weighted by Crippen LogP contribution is -2.11. The highest BCUT2D eigenvalue weighted by atomic mass is 16.5. The molecule has 0 saturated carbocycles. The summed E-state index contributed by atoms with van der Waals surface area (Å²) in [5, 5.41) is 2.51. The minimum absolute atomic E-state index is 0.383. The fraction of sp³-hybridized carbons (Fsp3) is 0.0588. The number of anilines is 1. The lowest BCUT2D eigenvalue weighted by atomic mass is 10.1. The SMILES string of the molecule is C=Cc1ccc(C(=O)Oc2ccc(NC(=O)OC)cc2)cc1. The molecule has 0 heterocycles.